The van der Waals surface area contributed by atoms with Crippen molar-refractivity contribution in [2.75, 3.05) is 7.11 Å². The van der Waals surface area contributed by atoms with Crippen molar-refractivity contribution in [2.24, 2.45) is 0 Å². The Morgan fingerprint density at radius 1 is 1.32 bits per heavy atom. The summed E-state index contributed by atoms with van der Waals surface area (Å²) in [5, 5.41) is 15.4. The molecule has 0 fully saturated rings. The molecule has 0 aliphatic heterocycles. The Kier molecular flexibility index (Phi) is 4.58. The van der Waals surface area contributed by atoms with Gasteiger partial charge in [0, 0.05) is 17.6 Å². The van der Waals surface area contributed by atoms with Crippen molar-refractivity contribution in [3.8, 4) is 5.75 Å². The number of aromatic amines is 1. The van der Waals surface area contributed by atoms with Crippen LogP contribution in [-0.2, 0) is 6.54 Å². The molecule has 2 heterocycles. The van der Waals surface area contributed by atoms with E-state index in [2.05, 4.69) is 10.3 Å². The second-order valence-corrected chi connectivity index (χ2v) is 5.73. The summed E-state index contributed by atoms with van der Waals surface area (Å²) in [6.45, 7) is 0.237. The number of halogens is 1. The molecule has 2 aromatic heterocycles. The summed E-state index contributed by atoms with van der Waals surface area (Å²) in [7, 11) is 1.44. The average Bonchev–Trinajstić information content (AvgIpc) is 2.61. The van der Waals surface area contributed by atoms with Crippen molar-refractivity contribution in [1.82, 2.24) is 10.3 Å². The van der Waals surface area contributed by atoms with Gasteiger partial charge >= 0.3 is 5.56 Å². The van der Waals surface area contributed by atoms with Crippen LogP contribution in [0.2, 0.25) is 5.02 Å². The molecule has 1 aromatic carbocycles. The summed E-state index contributed by atoms with van der Waals surface area (Å²) in [5.74, 6) is -0.174. The SMILES string of the molecule is COc1cc[n+]([O-])c2[nH]c(=O)c(C(=O)NCc3ccc(Cl)cc3)cc12. The van der Waals surface area contributed by atoms with Gasteiger partial charge in [0.2, 0.25) is 0 Å². The fraction of sp³-hybridized carbons (Fsp3) is 0.118. The Labute approximate surface area is 147 Å². The molecule has 3 rings (SSSR count). The van der Waals surface area contributed by atoms with E-state index in [1.807, 2.05) is 0 Å². The van der Waals surface area contributed by atoms with E-state index in [0.717, 1.165) is 5.56 Å². The maximum absolute atomic E-state index is 12.4. The zero-order valence-electron chi connectivity index (χ0n) is 13.2. The van der Waals surface area contributed by atoms with Crippen LogP contribution in [0, 0.1) is 5.21 Å². The van der Waals surface area contributed by atoms with Crippen LogP contribution in [0.4, 0.5) is 0 Å². The number of ether oxygens (including phenoxy) is 1. The normalized spacial score (nSPS) is 10.6. The fourth-order valence-electron chi connectivity index (χ4n) is 2.41. The van der Waals surface area contributed by atoms with Crippen LogP contribution in [0.1, 0.15) is 15.9 Å². The smallest absolute Gasteiger partial charge is 0.344 e. The van der Waals surface area contributed by atoms with Crippen LogP contribution in [0.3, 0.4) is 0 Å². The second-order valence-electron chi connectivity index (χ2n) is 5.29. The first-order valence-corrected chi connectivity index (χ1v) is 7.73. The number of H-pyrrole nitrogens is 1. The van der Waals surface area contributed by atoms with E-state index >= 15 is 0 Å². The van der Waals surface area contributed by atoms with Gasteiger partial charge in [-0.15, -0.1) is 0 Å². The summed E-state index contributed by atoms with van der Waals surface area (Å²) in [4.78, 5) is 26.9. The number of rotatable bonds is 4. The Bertz CT molecular complexity index is 999. The minimum absolute atomic E-state index is 0.0265. The minimum Gasteiger partial charge on any atom is -0.711 e. The molecule has 0 bridgehead atoms. The van der Waals surface area contributed by atoms with E-state index in [9.17, 15) is 14.8 Å². The molecule has 1 amide bonds. The largest absolute Gasteiger partial charge is 0.711 e. The first kappa shape index (κ1) is 16.8. The number of methoxy groups -OCH3 is 1. The molecule has 0 aliphatic rings. The summed E-state index contributed by atoms with van der Waals surface area (Å²) in [5.41, 5.74) is 0.105. The van der Waals surface area contributed by atoms with Gasteiger partial charge in [-0.2, -0.15) is 0 Å². The summed E-state index contributed by atoms with van der Waals surface area (Å²) in [6.07, 6.45) is 1.22. The van der Waals surface area contributed by atoms with Crippen molar-refractivity contribution in [3.05, 3.63) is 74.3 Å². The van der Waals surface area contributed by atoms with Crippen LogP contribution < -0.4 is 20.3 Å². The van der Waals surface area contributed by atoms with Crippen molar-refractivity contribution in [2.45, 2.75) is 6.54 Å². The molecule has 25 heavy (non-hydrogen) atoms. The van der Waals surface area contributed by atoms with E-state index in [4.69, 9.17) is 16.3 Å². The highest BCUT2D eigenvalue weighted by Gasteiger charge is 2.18. The molecule has 7 nitrogen and oxygen atoms in total. The number of aromatic nitrogens is 2. The maximum atomic E-state index is 12.4. The van der Waals surface area contributed by atoms with Gasteiger partial charge < -0.3 is 15.3 Å². The van der Waals surface area contributed by atoms with E-state index in [1.165, 1.54) is 25.4 Å². The van der Waals surface area contributed by atoms with Crippen LogP contribution in [0.15, 0.2) is 47.4 Å². The number of hydrogen-bond acceptors (Lipinski definition) is 4. The molecule has 8 heteroatoms. The number of benzene rings is 1. The summed E-state index contributed by atoms with van der Waals surface area (Å²) in [6, 6.07) is 9.78. The number of carbonyl (C=O) groups excluding carboxylic acids is 1. The predicted octanol–water partition coefficient (Wildman–Crippen LogP) is 1.75. The molecule has 0 saturated carbocycles. The first-order valence-electron chi connectivity index (χ1n) is 7.35. The number of amides is 1. The van der Waals surface area contributed by atoms with Gasteiger partial charge in [-0.3, -0.25) is 4.79 Å². The van der Waals surface area contributed by atoms with Crippen LogP contribution >= 0.6 is 11.6 Å². The molecular weight excluding hydrogens is 346 g/mol. The Hall–Kier alpha value is -3.06. The third-order valence-electron chi connectivity index (χ3n) is 3.70. The number of nitrogens with zero attached hydrogens (tertiary/aromatic N) is 1. The maximum Gasteiger partial charge on any atom is 0.344 e. The van der Waals surface area contributed by atoms with E-state index in [-0.39, 0.29) is 17.8 Å². The molecule has 0 spiro atoms. The summed E-state index contributed by atoms with van der Waals surface area (Å²) >= 11 is 5.82. The number of nitrogens with one attached hydrogen (secondary N) is 2. The highest BCUT2D eigenvalue weighted by atomic mass is 35.5. The van der Waals surface area contributed by atoms with Crippen molar-refractivity contribution in [1.29, 1.82) is 0 Å². The number of pyridine rings is 2. The molecule has 3 aromatic rings. The lowest BCUT2D eigenvalue weighted by molar-refractivity contribution is -0.579. The monoisotopic (exact) mass is 359 g/mol. The van der Waals surface area contributed by atoms with E-state index in [1.54, 1.807) is 24.3 Å². The van der Waals surface area contributed by atoms with Gasteiger partial charge in [0.15, 0.2) is 0 Å². The third kappa shape index (κ3) is 3.41. The Balaban J connectivity index is 1.92. The predicted molar refractivity (Wildman–Crippen MR) is 92.7 cm³/mol. The highest BCUT2D eigenvalue weighted by Crippen LogP contribution is 2.20. The lowest BCUT2D eigenvalue weighted by Crippen LogP contribution is -2.33. The van der Waals surface area contributed by atoms with Crippen molar-refractivity contribution < 1.29 is 14.3 Å². The molecular formula is C17H14ClN3O4. The highest BCUT2D eigenvalue weighted by molar-refractivity contribution is 6.30. The lowest BCUT2D eigenvalue weighted by Gasteiger charge is -2.09. The number of hydrogen-bond donors (Lipinski definition) is 2. The Morgan fingerprint density at radius 3 is 2.72 bits per heavy atom. The third-order valence-corrected chi connectivity index (χ3v) is 3.95. The van der Waals surface area contributed by atoms with E-state index in [0.29, 0.717) is 20.9 Å². The molecule has 0 aliphatic carbocycles. The van der Waals surface area contributed by atoms with E-state index < -0.39 is 11.5 Å². The minimum atomic E-state index is -0.654. The Morgan fingerprint density at radius 2 is 2.04 bits per heavy atom. The lowest BCUT2D eigenvalue weighted by atomic mass is 10.1. The van der Waals surface area contributed by atoms with Gasteiger partial charge in [0.05, 0.1) is 13.3 Å². The van der Waals surface area contributed by atoms with Crippen LogP contribution in [0.5, 0.6) is 5.75 Å². The average molecular weight is 360 g/mol. The number of carbonyl (C=O) groups is 1. The topological polar surface area (TPSA) is 98.1 Å². The molecule has 0 atom stereocenters. The zero-order chi connectivity index (χ0) is 18.0. The van der Waals surface area contributed by atoms with Crippen LogP contribution in [0.25, 0.3) is 11.0 Å². The van der Waals surface area contributed by atoms with Crippen molar-refractivity contribution in [3.63, 3.8) is 0 Å². The quantitative estimate of drug-likeness (QED) is 0.547. The first-order chi connectivity index (χ1) is 12.0. The van der Waals surface area contributed by atoms with Gasteiger partial charge in [0.1, 0.15) is 16.7 Å². The van der Waals surface area contributed by atoms with Crippen molar-refractivity contribution >= 4 is 28.5 Å². The van der Waals surface area contributed by atoms with Gasteiger partial charge in [-0.25, -0.2) is 14.5 Å². The van der Waals surface area contributed by atoms with Gasteiger partial charge in [-0.05, 0) is 23.8 Å². The fourth-order valence-corrected chi connectivity index (χ4v) is 2.53. The van der Waals surface area contributed by atoms with Crippen LogP contribution in [-0.4, -0.2) is 18.0 Å². The molecule has 0 unspecified atom stereocenters. The summed E-state index contributed by atoms with van der Waals surface area (Å²) < 4.78 is 5.69. The van der Waals surface area contributed by atoms with Gasteiger partial charge in [-0.1, -0.05) is 23.7 Å². The van der Waals surface area contributed by atoms with Gasteiger partial charge in [0.25, 0.3) is 11.6 Å². The standard InChI is InChI=1S/C17H14ClN3O4/c1-25-14-6-7-21(24)15-12(14)8-13(17(23)20-15)16(22)19-9-10-2-4-11(18)5-3-10/h2-8H,9H2,1H3,(H,19,22)(H,20,23). The molecule has 0 saturated heterocycles. The molecule has 2 N–H and O–H groups in total. The molecule has 0 radical (unpaired) electrons. The zero-order valence-corrected chi connectivity index (χ0v) is 14.0. The number of fused-ring (bicyclic) bond motifs is 1. The second kappa shape index (κ2) is 6.82. The molecule has 128 valence electrons.